The molecule has 1 aliphatic heterocycles. The maximum absolute atomic E-state index is 12.7. The van der Waals surface area contributed by atoms with Crippen molar-refractivity contribution in [1.29, 1.82) is 0 Å². The van der Waals surface area contributed by atoms with Crippen molar-refractivity contribution in [3.63, 3.8) is 0 Å². The summed E-state index contributed by atoms with van der Waals surface area (Å²) < 4.78 is 11.0. The molecule has 1 fully saturated rings. The molecule has 4 heteroatoms. The number of carbonyl (C=O) groups excluding carboxylic acids is 1. The molecule has 0 spiro atoms. The Kier molecular flexibility index (Phi) is 5.27. The molecule has 0 unspecified atom stereocenters. The highest BCUT2D eigenvalue weighted by atomic mass is 16.5. The predicted octanol–water partition coefficient (Wildman–Crippen LogP) is 4.05. The molecule has 0 aromatic heterocycles. The van der Waals surface area contributed by atoms with E-state index in [1.807, 2.05) is 55.1 Å². The third-order valence-corrected chi connectivity index (χ3v) is 4.63. The molecule has 0 N–H and O–H groups in total. The lowest BCUT2D eigenvalue weighted by atomic mass is 10.0. The highest BCUT2D eigenvalue weighted by Gasteiger charge is 2.30. The highest BCUT2D eigenvalue weighted by Crippen LogP contribution is 2.32. The molecule has 1 aliphatic rings. The van der Waals surface area contributed by atoms with Crippen molar-refractivity contribution in [2.45, 2.75) is 32.7 Å². The van der Waals surface area contributed by atoms with Crippen LogP contribution in [-0.4, -0.2) is 31.1 Å². The van der Waals surface area contributed by atoms with Crippen LogP contribution in [0.15, 0.2) is 42.5 Å². The van der Waals surface area contributed by atoms with Gasteiger partial charge >= 0.3 is 0 Å². The van der Waals surface area contributed by atoms with E-state index < -0.39 is 0 Å². The minimum Gasteiger partial charge on any atom is -0.497 e. The summed E-state index contributed by atoms with van der Waals surface area (Å²) >= 11 is 0. The second-order valence-electron chi connectivity index (χ2n) is 6.63. The maximum atomic E-state index is 12.7. The van der Waals surface area contributed by atoms with Gasteiger partial charge in [-0.25, -0.2) is 0 Å². The topological polar surface area (TPSA) is 38.8 Å². The van der Waals surface area contributed by atoms with E-state index in [0.29, 0.717) is 0 Å². The third-order valence-electron chi connectivity index (χ3n) is 4.63. The Balaban J connectivity index is 1.65. The monoisotopic (exact) mass is 339 g/mol. The van der Waals surface area contributed by atoms with Crippen LogP contribution >= 0.6 is 0 Å². The van der Waals surface area contributed by atoms with Crippen LogP contribution in [0.3, 0.4) is 0 Å². The van der Waals surface area contributed by atoms with Gasteiger partial charge in [0.05, 0.1) is 13.2 Å². The Morgan fingerprint density at radius 2 is 1.76 bits per heavy atom. The van der Waals surface area contributed by atoms with Gasteiger partial charge in [0.15, 0.2) is 6.61 Å². The summed E-state index contributed by atoms with van der Waals surface area (Å²) in [7, 11) is 1.66. The Labute approximate surface area is 149 Å². The molecule has 2 aromatic rings. The first-order chi connectivity index (χ1) is 12.1. The zero-order chi connectivity index (χ0) is 17.8. The molecule has 0 radical (unpaired) electrons. The zero-order valence-electron chi connectivity index (χ0n) is 15.1. The van der Waals surface area contributed by atoms with Crippen LogP contribution < -0.4 is 9.47 Å². The lowest BCUT2D eigenvalue weighted by Crippen LogP contribution is -2.34. The first kappa shape index (κ1) is 17.3. The number of ether oxygens (including phenoxy) is 2. The molecule has 4 nitrogen and oxygen atoms in total. The molecule has 1 amide bonds. The van der Waals surface area contributed by atoms with Gasteiger partial charge in [-0.15, -0.1) is 0 Å². The van der Waals surface area contributed by atoms with E-state index in [0.717, 1.165) is 47.6 Å². The Morgan fingerprint density at radius 3 is 2.40 bits per heavy atom. The van der Waals surface area contributed by atoms with E-state index in [-0.39, 0.29) is 18.6 Å². The minimum atomic E-state index is 0.0393. The number of amides is 1. The second-order valence-corrected chi connectivity index (χ2v) is 6.63. The largest absolute Gasteiger partial charge is 0.497 e. The van der Waals surface area contributed by atoms with Crippen LogP contribution in [0.2, 0.25) is 0 Å². The number of aryl methyl sites for hydroxylation is 2. The average Bonchev–Trinajstić information content (AvgIpc) is 3.09. The Hall–Kier alpha value is -2.49. The van der Waals surface area contributed by atoms with Crippen molar-refractivity contribution in [1.82, 2.24) is 4.90 Å². The molecule has 1 atom stereocenters. The number of rotatable bonds is 5. The fraction of sp³-hybridized carbons (Fsp3) is 0.381. The SMILES string of the molecule is COc1ccc([C@@H]2CCCN2C(=O)COc2cc(C)cc(C)c2)cc1. The molecule has 0 saturated carbocycles. The Morgan fingerprint density at radius 1 is 1.08 bits per heavy atom. The second kappa shape index (κ2) is 7.60. The molecule has 2 aromatic carbocycles. The number of nitrogens with zero attached hydrogens (tertiary/aromatic N) is 1. The van der Waals surface area contributed by atoms with Crippen LogP contribution in [0.5, 0.6) is 11.5 Å². The number of carbonyl (C=O) groups is 1. The zero-order valence-corrected chi connectivity index (χ0v) is 15.1. The van der Waals surface area contributed by atoms with Crippen LogP contribution in [0, 0.1) is 13.8 Å². The fourth-order valence-corrected chi connectivity index (χ4v) is 3.48. The molecule has 1 saturated heterocycles. The number of hydrogen-bond donors (Lipinski definition) is 0. The van der Waals surface area contributed by atoms with Gasteiger partial charge in [-0.3, -0.25) is 4.79 Å². The fourth-order valence-electron chi connectivity index (χ4n) is 3.48. The van der Waals surface area contributed by atoms with Crippen molar-refractivity contribution in [2.75, 3.05) is 20.3 Å². The van der Waals surface area contributed by atoms with Crippen molar-refractivity contribution in [2.24, 2.45) is 0 Å². The normalized spacial score (nSPS) is 16.8. The summed E-state index contributed by atoms with van der Waals surface area (Å²) in [4.78, 5) is 14.6. The summed E-state index contributed by atoms with van der Waals surface area (Å²) in [5.41, 5.74) is 3.43. The first-order valence-electron chi connectivity index (χ1n) is 8.71. The standard InChI is InChI=1S/C21H25NO3/c1-15-11-16(2)13-19(12-15)25-14-21(23)22-10-4-5-20(22)17-6-8-18(24-3)9-7-17/h6-9,11-13,20H,4-5,10,14H2,1-3H3/t20-/m0/s1. The summed E-state index contributed by atoms with van der Waals surface area (Å²) in [6.07, 6.45) is 2.01. The van der Waals surface area contributed by atoms with E-state index in [4.69, 9.17) is 9.47 Å². The number of hydrogen-bond acceptors (Lipinski definition) is 3. The van der Waals surface area contributed by atoms with E-state index in [9.17, 15) is 4.79 Å². The van der Waals surface area contributed by atoms with Crippen LogP contribution in [0.4, 0.5) is 0 Å². The molecule has 25 heavy (non-hydrogen) atoms. The molecule has 3 rings (SSSR count). The summed E-state index contributed by atoms with van der Waals surface area (Å²) in [6, 6.07) is 14.1. The van der Waals surface area contributed by atoms with Gasteiger partial charge in [0, 0.05) is 6.54 Å². The molecule has 1 heterocycles. The average molecular weight is 339 g/mol. The molecule has 132 valence electrons. The summed E-state index contributed by atoms with van der Waals surface area (Å²) in [5.74, 6) is 1.63. The molecule has 0 bridgehead atoms. The van der Waals surface area contributed by atoms with Crippen molar-refractivity contribution < 1.29 is 14.3 Å². The van der Waals surface area contributed by atoms with Gasteiger partial charge < -0.3 is 14.4 Å². The molecular formula is C21H25NO3. The van der Waals surface area contributed by atoms with Gasteiger partial charge in [-0.2, -0.15) is 0 Å². The van der Waals surface area contributed by atoms with Crippen LogP contribution in [0.1, 0.15) is 35.6 Å². The van der Waals surface area contributed by atoms with Gasteiger partial charge in [0.2, 0.25) is 0 Å². The van der Waals surface area contributed by atoms with E-state index >= 15 is 0 Å². The van der Waals surface area contributed by atoms with Gasteiger partial charge in [0.1, 0.15) is 11.5 Å². The smallest absolute Gasteiger partial charge is 0.261 e. The van der Waals surface area contributed by atoms with E-state index in [1.165, 1.54) is 0 Å². The highest BCUT2D eigenvalue weighted by molar-refractivity contribution is 5.78. The summed E-state index contributed by atoms with van der Waals surface area (Å²) in [6.45, 7) is 4.92. The predicted molar refractivity (Wildman–Crippen MR) is 98.1 cm³/mol. The number of methoxy groups -OCH3 is 1. The maximum Gasteiger partial charge on any atom is 0.261 e. The van der Waals surface area contributed by atoms with Crippen molar-refractivity contribution in [3.8, 4) is 11.5 Å². The summed E-state index contributed by atoms with van der Waals surface area (Å²) in [5, 5.41) is 0. The first-order valence-corrected chi connectivity index (χ1v) is 8.71. The van der Waals surface area contributed by atoms with Crippen LogP contribution in [-0.2, 0) is 4.79 Å². The molecular weight excluding hydrogens is 314 g/mol. The number of likely N-dealkylation sites (tertiary alicyclic amines) is 1. The Bertz CT molecular complexity index is 719. The van der Waals surface area contributed by atoms with Crippen LogP contribution in [0.25, 0.3) is 0 Å². The lowest BCUT2D eigenvalue weighted by molar-refractivity contribution is -0.134. The van der Waals surface area contributed by atoms with Gasteiger partial charge in [0.25, 0.3) is 5.91 Å². The van der Waals surface area contributed by atoms with Gasteiger partial charge in [-0.1, -0.05) is 18.2 Å². The minimum absolute atomic E-state index is 0.0393. The van der Waals surface area contributed by atoms with Crippen molar-refractivity contribution in [3.05, 3.63) is 59.2 Å². The number of benzene rings is 2. The lowest BCUT2D eigenvalue weighted by Gasteiger charge is -2.25. The van der Waals surface area contributed by atoms with Crippen molar-refractivity contribution >= 4 is 5.91 Å². The quantitative estimate of drug-likeness (QED) is 0.825. The molecule has 0 aliphatic carbocycles. The van der Waals surface area contributed by atoms with Gasteiger partial charge in [-0.05, 0) is 67.6 Å². The third kappa shape index (κ3) is 4.13. The van der Waals surface area contributed by atoms with E-state index in [2.05, 4.69) is 6.07 Å². The van der Waals surface area contributed by atoms with E-state index in [1.54, 1.807) is 7.11 Å².